The number of nitrogens with one attached hydrogen (secondary N) is 1. The third-order valence-electron chi connectivity index (χ3n) is 4.90. The van der Waals surface area contributed by atoms with Crippen LogP contribution in [0.1, 0.15) is 16.1 Å². The van der Waals surface area contributed by atoms with Gasteiger partial charge in [-0.25, -0.2) is 4.98 Å². The van der Waals surface area contributed by atoms with Gasteiger partial charge in [0.25, 0.3) is 5.91 Å². The number of nitrogens with zero attached hydrogens (tertiary/aromatic N) is 2. The highest BCUT2D eigenvalue weighted by Gasteiger charge is 2.21. The first kappa shape index (κ1) is 20.0. The van der Waals surface area contributed by atoms with Gasteiger partial charge in [-0.05, 0) is 36.4 Å². The van der Waals surface area contributed by atoms with Gasteiger partial charge in [-0.15, -0.1) is 0 Å². The van der Waals surface area contributed by atoms with Gasteiger partial charge in [-0.1, -0.05) is 17.7 Å². The second kappa shape index (κ2) is 8.32. The molecular weight excluding hydrogens is 434 g/mol. The zero-order chi connectivity index (χ0) is 22.1. The lowest BCUT2D eigenvalue weighted by Crippen LogP contribution is -2.12. The van der Waals surface area contributed by atoms with Crippen LogP contribution in [0, 0.1) is 0 Å². The molecule has 0 unspecified atom stereocenters. The molecule has 1 aliphatic heterocycles. The Balaban J connectivity index is 1.33. The summed E-state index contributed by atoms with van der Waals surface area (Å²) in [7, 11) is 1.56. The van der Waals surface area contributed by atoms with Crippen molar-refractivity contribution in [1.29, 1.82) is 0 Å². The molecule has 0 aliphatic carbocycles. The Labute approximate surface area is 188 Å². The lowest BCUT2D eigenvalue weighted by molar-refractivity contribution is 0.102. The number of hydrogen-bond acceptors (Lipinski definition) is 6. The van der Waals surface area contributed by atoms with Crippen molar-refractivity contribution in [1.82, 2.24) is 9.38 Å². The number of imidazole rings is 1. The number of pyridine rings is 1. The molecule has 2 aromatic heterocycles. The molecule has 1 amide bonds. The Kier molecular flexibility index (Phi) is 5.20. The molecule has 0 saturated heterocycles. The molecule has 0 fully saturated rings. The number of aromatic nitrogens is 2. The van der Waals surface area contributed by atoms with Crippen molar-refractivity contribution in [2.24, 2.45) is 0 Å². The molecule has 162 valence electrons. The fraction of sp³-hybridized carbons (Fsp3) is 0.130. The number of benzene rings is 2. The number of halogens is 1. The Morgan fingerprint density at radius 1 is 1.19 bits per heavy atom. The summed E-state index contributed by atoms with van der Waals surface area (Å²) in [6.07, 6.45) is 3.82. The first-order valence-electron chi connectivity index (χ1n) is 9.74. The molecule has 5 rings (SSSR count). The van der Waals surface area contributed by atoms with Crippen molar-refractivity contribution in [2.45, 2.75) is 6.61 Å². The SMILES string of the molecule is COc1ccc(NC(=O)c2cc(Cl)c3c(c2)OCO3)cc1OCc1cn2ccccc2n1. The summed E-state index contributed by atoms with van der Waals surface area (Å²) in [5, 5.41) is 3.15. The van der Waals surface area contributed by atoms with E-state index < -0.39 is 0 Å². The number of carbonyl (C=O) groups excluding carboxylic acids is 1. The third kappa shape index (κ3) is 3.88. The highest BCUT2D eigenvalue weighted by Crippen LogP contribution is 2.40. The van der Waals surface area contributed by atoms with E-state index in [1.54, 1.807) is 31.4 Å². The van der Waals surface area contributed by atoms with Crippen molar-refractivity contribution >= 4 is 28.8 Å². The van der Waals surface area contributed by atoms with Gasteiger partial charge in [0.15, 0.2) is 23.0 Å². The zero-order valence-corrected chi connectivity index (χ0v) is 17.8. The largest absolute Gasteiger partial charge is 0.493 e. The van der Waals surface area contributed by atoms with Crippen LogP contribution in [0.4, 0.5) is 5.69 Å². The maximum absolute atomic E-state index is 12.8. The molecule has 3 heterocycles. The van der Waals surface area contributed by atoms with E-state index in [-0.39, 0.29) is 19.3 Å². The van der Waals surface area contributed by atoms with Crippen LogP contribution in [0.3, 0.4) is 0 Å². The molecule has 0 radical (unpaired) electrons. The van der Waals surface area contributed by atoms with Crippen LogP contribution in [0.15, 0.2) is 60.9 Å². The molecule has 0 saturated carbocycles. The smallest absolute Gasteiger partial charge is 0.255 e. The van der Waals surface area contributed by atoms with Crippen LogP contribution < -0.4 is 24.3 Å². The predicted molar refractivity (Wildman–Crippen MR) is 118 cm³/mol. The van der Waals surface area contributed by atoms with Crippen LogP contribution in [-0.2, 0) is 6.61 Å². The van der Waals surface area contributed by atoms with Crippen LogP contribution >= 0.6 is 11.6 Å². The number of hydrogen-bond donors (Lipinski definition) is 1. The van der Waals surface area contributed by atoms with E-state index in [0.717, 1.165) is 11.3 Å². The van der Waals surface area contributed by atoms with Crippen LogP contribution in [-0.4, -0.2) is 29.2 Å². The first-order chi connectivity index (χ1) is 15.6. The minimum absolute atomic E-state index is 0.0750. The topological polar surface area (TPSA) is 83.3 Å². The van der Waals surface area contributed by atoms with Gasteiger partial charge >= 0.3 is 0 Å². The first-order valence-corrected chi connectivity index (χ1v) is 10.1. The predicted octanol–water partition coefficient (Wildman–Crippen LogP) is 4.56. The molecule has 1 aliphatic rings. The number of fused-ring (bicyclic) bond motifs is 2. The van der Waals surface area contributed by atoms with E-state index >= 15 is 0 Å². The summed E-state index contributed by atoms with van der Waals surface area (Å²) in [5.41, 5.74) is 2.49. The highest BCUT2D eigenvalue weighted by atomic mass is 35.5. The number of ether oxygens (including phenoxy) is 4. The summed E-state index contributed by atoms with van der Waals surface area (Å²) < 4.78 is 23.9. The van der Waals surface area contributed by atoms with E-state index in [1.807, 2.05) is 35.0 Å². The van der Waals surface area contributed by atoms with Gasteiger partial charge < -0.3 is 28.7 Å². The van der Waals surface area contributed by atoms with Crippen molar-refractivity contribution in [3.05, 3.63) is 77.2 Å². The Morgan fingerprint density at radius 3 is 2.94 bits per heavy atom. The summed E-state index contributed by atoms with van der Waals surface area (Å²) in [6, 6.07) is 14.0. The van der Waals surface area contributed by atoms with Crippen molar-refractivity contribution in [3.63, 3.8) is 0 Å². The average molecular weight is 452 g/mol. The van der Waals surface area contributed by atoms with Crippen molar-refractivity contribution in [2.75, 3.05) is 19.2 Å². The second-order valence-corrected chi connectivity index (χ2v) is 7.41. The molecule has 9 heteroatoms. The Bertz CT molecular complexity index is 1290. The Hall–Kier alpha value is -3.91. The van der Waals surface area contributed by atoms with Gasteiger partial charge in [0.2, 0.25) is 6.79 Å². The number of anilines is 1. The normalized spacial score (nSPS) is 12.1. The molecular formula is C23H18ClN3O5. The van der Waals surface area contributed by atoms with Crippen molar-refractivity contribution in [3.8, 4) is 23.0 Å². The summed E-state index contributed by atoms with van der Waals surface area (Å²) in [5.74, 6) is 1.55. The number of carbonyl (C=O) groups is 1. The average Bonchev–Trinajstić information content (AvgIpc) is 3.44. The fourth-order valence-corrected chi connectivity index (χ4v) is 3.64. The molecule has 32 heavy (non-hydrogen) atoms. The van der Waals surface area contributed by atoms with Gasteiger partial charge in [0.05, 0.1) is 17.8 Å². The maximum Gasteiger partial charge on any atom is 0.255 e. The van der Waals surface area contributed by atoms with E-state index in [0.29, 0.717) is 39.3 Å². The van der Waals surface area contributed by atoms with Crippen LogP contribution in [0.5, 0.6) is 23.0 Å². The fourth-order valence-electron chi connectivity index (χ4n) is 3.38. The molecule has 0 bridgehead atoms. The van der Waals surface area contributed by atoms with Gasteiger partial charge in [-0.2, -0.15) is 0 Å². The van der Waals surface area contributed by atoms with Crippen molar-refractivity contribution < 1.29 is 23.7 Å². The molecule has 0 atom stereocenters. The molecule has 2 aromatic carbocycles. The summed E-state index contributed by atoms with van der Waals surface area (Å²) in [6.45, 7) is 0.318. The van der Waals surface area contributed by atoms with Gasteiger partial charge in [0, 0.05) is 29.7 Å². The maximum atomic E-state index is 12.8. The van der Waals surface area contributed by atoms with Gasteiger partial charge in [0.1, 0.15) is 12.3 Å². The third-order valence-corrected chi connectivity index (χ3v) is 5.18. The molecule has 8 nitrogen and oxygen atoms in total. The number of amides is 1. The summed E-state index contributed by atoms with van der Waals surface area (Å²) in [4.78, 5) is 17.3. The lowest BCUT2D eigenvalue weighted by atomic mass is 10.1. The van der Waals surface area contributed by atoms with Crippen LogP contribution in [0.2, 0.25) is 5.02 Å². The standard InChI is InChI=1S/C23H18ClN3O5/c1-29-18-6-5-15(26-23(28)14-8-17(24)22-20(9-14)31-13-32-22)10-19(18)30-12-16-11-27-7-3-2-4-21(27)25-16/h2-11H,12-13H2,1H3,(H,26,28). The monoisotopic (exact) mass is 451 g/mol. The summed E-state index contributed by atoms with van der Waals surface area (Å²) >= 11 is 6.19. The molecule has 0 spiro atoms. The number of methoxy groups -OCH3 is 1. The molecule has 1 N–H and O–H groups in total. The van der Waals surface area contributed by atoms with E-state index in [4.69, 9.17) is 30.5 Å². The van der Waals surface area contributed by atoms with Crippen LogP contribution in [0.25, 0.3) is 5.65 Å². The zero-order valence-electron chi connectivity index (χ0n) is 17.0. The Morgan fingerprint density at radius 2 is 2.09 bits per heavy atom. The number of rotatable bonds is 6. The van der Waals surface area contributed by atoms with E-state index in [1.165, 1.54) is 6.07 Å². The second-order valence-electron chi connectivity index (χ2n) is 7.00. The van der Waals surface area contributed by atoms with E-state index in [2.05, 4.69) is 10.3 Å². The highest BCUT2D eigenvalue weighted by molar-refractivity contribution is 6.32. The minimum Gasteiger partial charge on any atom is -0.493 e. The minimum atomic E-state index is -0.346. The quantitative estimate of drug-likeness (QED) is 0.463. The van der Waals surface area contributed by atoms with Gasteiger partial charge in [-0.3, -0.25) is 4.79 Å². The lowest BCUT2D eigenvalue weighted by Gasteiger charge is -2.13. The van der Waals surface area contributed by atoms with E-state index in [9.17, 15) is 4.79 Å². The molecule has 4 aromatic rings.